The highest BCUT2D eigenvalue weighted by atomic mass is 16.3. The minimum atomic E-state index is -0.349. The SMILES string of the molecule is NC1CCC(O)(C2C3CC4CC(C3)CC2C4)CC1. The zero-order chi connectivity index (χ0) is 12.3. The van der Waals surface area contributed by atoms with Gasteiger partial charge in [0.25, 0.3) is 0 Å². The molecule has 5 saturated carbocycles. The fraction of sp³-hybridized carbons (Fsp3) is 1.00. The lowest BCUT2D eigenvalue weighted by Gasteiger charge is -2.59. The number of hydrogen-bond acceptors (Lipinski definition) is 2. The van der Waals surface area contributed by atoms with Crippen molar-refractivity contribution in [2.24, 2.45) is 35.3 Å². The fourth-order valence-corrected chi connectivity index (χ4v) is 6.28. The number of hydrogen-bond donors (Lipinski definition) is 2. The summed E-state index contributed by atoms with van der Waals surface area (Å²) in [6.07, 6.45) is 11.2. The Balaban J connectivity index is 1.57. The molecular formula is C16H27NO. The molecule has 3 N–H and O–H groups in total. The number of nitrogens with two attached hydrogens (primary N) is 1. The second-order valence-corrected chi connectivity index (χ2v) is 7.90. The second kappa shape index (κ2) is 3.96. The van der Waals surface area contributed by atoms with Crippen molar-refractivity contribution in [2.75, 3.05) is 0 Å². The highest BCUT2D eigenvalue weighted by molar-refractivity contribution is 5.06. The standard InChI is InChI=1S/C16H27NO/c17-14-1-3-16(18,4-2-14)15-12-6-10-5-11(8-12)9-13(15)7-10/h10-15,18H,1-9,17H2. The molecule has 2 nitrogen and oxygen atoms in total. The lowest BCUT2D eigenvalue weighted by Crippen LogP contribution is -2.56. The Kier molecular flexibility index (Phi) is 2.58. The van der Waals surface area contributed by atoms with Crippen LogP contribution in [-0.2, 0) is 0 Å². The normalized spacial score (nSPS) is 59.0. The monoisotopic (exact) mass is 249 g/mol. The van der Waals surface area contributed by atoms with Crippen molar-refractivity contribution < 1.29 is 5.11 Å². The van der Waals surface area contributed by atoms with Gasteiger partial charge in [-0.3, -0.25) is 0 Å². The maximum absolute atomic E-state index is 11.2. The smallest absolute Gasteiger partial charge is 0.0682 e. The van der Waals surface area contributed by atoms with Crippen molar-refractivity contribution >= 4 is 0 Å². The molecule has 5 aliphatic carbocycles. The number of aliphatic hydroxyl groups is 1. The van der Waals surface area contributed by atoms with E-state index in [0.29, 0.717) is 12.0 Å². The van der Waals surface area contributed by atoms with E-state index in [0.717, 1.165) is 49.4 Å². The van der Waals surface area contributed by atoms with Crippen LogP contribution in [0.2, 0.25) is 0 Å². The zero-order valence-electron chi connectivity index (χ0n) is 11.4. The fourth-order valence-electron chi connectivity index (χ4n) is 6.28. The molecule has 2 heteroatoms. The maximum atomic E-state index is 11.2. The Morgan fingerprint density at radius 1 is 0.833 bits per heavy atom. The van der Waals surface area contributed by atoms with E-state index in [1.807, 2.05) is 0 Å². The molecule has 0 saturated heterocycles. The van der Waals surface area contributed by atoms with Crippen molar-refractivity contribution in [2.45, 2.75) is 69.4 Å². The molecule has 0 aromatic carbocycles. The van der Waals surface area contributed by atoms with E-state index >= 15 is 0 Å². The average molecular weight is 249 g/mol. The minimum Gasteiger partial charge on any atom is -0.390 e. The summed E-state index contributed by atoms with van der Waals surface area (Å²) in [5.41, 5.74) is 5.67. The highest BCUT2D eigenvalue weighted by Crippen LogP contribution is 2.60. The molecular weight excluding hydrogens is 222 g/mol. The van der Waals surface area contributed by atoms with Gasteiger partial charge in [-0.1, -0.05) is 0 Å². The predicted octanol–water partition coefficient (Wildman–Crippen LogP) is 2.69. The summed E-state index contributed by atoms with van der Waals surface area (Å²) in [4.78, 5) is 0. The largest absolute Gasteiger partial charge is 0.390 e. The number of rotatable bonds is 1. The lowest BCUT2D eigenvalue weighted by atomic mass is 9.47. The molecule has 18 heavy (non-hydrogen) atoms. The molecule has 5 fully saturated rings. The molecule has 0 amide bonds. The summed E-state index contributed by atoms with van der Waals surface area (Å²) in [6.45, 7) is 0. The lowest BCUT2D eigenvalue weighted by molar-refractivity contribution is -0.157. The summed E-state index contributed by atoms with van der Waals surface area (Å²) in [5, 5.41) is 11.2. The molecule has 0 spiro atoms. The molecule has 0 heterocycles. The Hall–Kier alpha value is -0.0800. The molecule has 5 aliphatic rings. The van der Waals surface area contributed by atoms with Gasteiger partial charge < -0.3 is 10.8 Å². The maximum Gasteiger partial charge on any atom is 0.0682 e. The highest BCUT2D eigenvalue weighted by Gasteiger charge is 2.55. The first-order valence-corrected chi connectivity index (χ1v) is 8.12. The van der Waals surface area contributed by atoms with E-state index in [-0.39, 0.29) is 5.60 Å². The van der Waals surface area contributed by atoms with Crippen molar-refractivity contribution in [1.82, 2.24) is 0 Å². The molecule has 0 aliphatic heterocycles. The van der Waals surface area contributed by atoms with Crippen LogP contribution in [0.15, 0.2) is 0 Å². The minimum absolute atomic E-state index is 0.349. The predicted molar refractivity (Wildman–Crippen MR) is 71.9 cm³/mol. The quantitative estimate of drug-likeness (QED) is 0.750. The van der Waals surface area contributed by atoms with Crippen LogP contribution >= 0.6 is 0 Å². The second-order valence-electron chi connectivity index (χ2n) is 7.90. The molecule has 0 aromatic rings. The van der Waals surface area contributed by atoms with Gasteiger partial charge in [-0.25, -0.2) is 0 Å². The van der Waals surface area contributed by atoms with Gasteiger partial charge in [-0.05, 0) is 87.4 Å². The summed E-state index contributed by atoms with van der Waals surface area (Å²) in [5.74, 6) is 4.34. The van der Waals surface area contributed by atoms with Crippen LogP contribution in [0.5, 0.6) is 0 Å². The summed E-state index contributed by atoms with van der Waals surface area (Å²) in [6, 6.07) is 0.349. The van der Waals surface area contributed by atoms with Gasteiger partial charge in [-0.2, -0.15) is 0 Å². The van der Waals surface area contributed by atoms with Crippen molar-refractivity contribution in [3.05, 3.63) is 0 Å². The molecule has 0 atom stereocenters. The van der Waals surface area contributed by atoms with Gasteiger partial charge in [0.2, 0.25) is 0 Å². The molecule has 5 rings (SSSR count). The topological polar surface area (TPSA) is 46.2 Å². The van der Waals surface area contributed by atoms with Crippen LogP contribution in [-0.4, -0.2) is 16.7 Å². The van der Waals surface area contributed by atoms with E-state index < -0.39 is 0 Å². The first-order valence-electron chi connectivity index (χ1n) is 8.12. The van der Waals surface area contributed by atoms with Crippen LogP contribution in [0.1, 0.15) is 57.8 Å². The van der Waals surface area contributed by atoms with Gasteiger partial charge in [0.1, 0.15) is 0 Å². The van der Waals surface area contributed by atoms with Gasteiger partial charge in [0.05, 0.1) is 5.60 Å². The van der Waals surface area contributed by atoms with Crippen LogP contribution < -0.4 is 5.73 Å². The van der Waals surface area contributed by atoms with Gasteiger partial charge >= 0.3 is 0 Å². The van der Waals surface area contributed by atoms with E-state index in [2.05, 4.69) is 0 Å². The first-order chi connectivity index (χ1) is 8.64. The third kappa shape index (κ3) is 1.68. The Morgan fingerprint density at radius 2 is 1.33 bits per heavy atom. The van der Waals surface area contributed by atoms with Gasteiger partial charge in [0, 0.05) is 6.04 Å². The molecule has 0 radical (unpaired) electrons. The summed E-state index contributed by atoms with van der Waals surface area (Å²) < 4.78 is 0. The van der Waals surface area contributed by atoms with Crippen LogP contribution in [0, 0.1) is 29.6 Å². The Bertz CT molecular complexity index is 304. The van der Waals surface area contributed by atoms with Gasteiger partial charge in [0.15, 0.2) is 0 Å². The molecule has 0 unspecified atom stereocenters. The van der Waals surface area contributed by atoms with E-state index in [1.54, 1.807) is 0 Å². The molecule has 4 bridgehead atoms. The Labute approximate surface area is 110 Å². The van der Waals surface area contributed by atoms with Crippen molar-refractivity contribution in [3.8, 4) is 0 Å². The van der Waals surface area contributed by atoms with Crippen LogP contribution in [0.4, 0.5) is 0 Å². The molecule has 102 valence electrons. The van der Waals surface area contributed by atoms with E-state index in [1.165, 1.54) is 32.1 Å². The van der Waals surface area contributed by atoms with Crippen molar-refractivity contribution in [3.63, 3.8) is 0 Å². The summed E-state index contributed by atoms with van der Waals surface area (Å²) >= 11 is 0. The third-order valence-corrected chi connectivity index (χ3v) is 6.74. The Morgan fingerprint density at radius 3 is 1.83 bits per heavy atom. The molecule has 0 aromatic heterocycles. The van der Waals surface area contributed by atoms with Crippen LogP contribution in [0.3, 0.4) is 0 Å². The summed E-state index contributed by atoms with van der Waals surface area (Å²) in [7, 11) is 0. The third-order valence-electron chi connectivity index (χ3n) is 6.74. The average Bonchev–Trinajstić information content (AvgIpc) is 2.32. The van der Waals surface area contributed by atoms with Crippen molar-refractivity contribution in [1.29, 1.82) is 0 Å². The van der Waals surface area contributed by atoms with Gasteiger partial charge in [-0.15, -0.1) is 0 Å². The zero-order valence-corrected chi connectivity index (χ0v) is 11.4. The van der Waals surface area contributed by atoms with E-state index in [9.17, 15) is 5.11 Å². The van der Waals surface area contributed by atoms with Crippen LogP contribution in [0.25, 0.3) is 0 Å². The van der Waals surface area contributed by atoms with E-state index in [4.69, 9.17) is 5.73 Å². The first kappa shape index (κ1) is 11.7.